The molecule has 1 aromatic heterocycles. The highest BCUT2D eigenvalue weighted by atomic mass is 31.2. The molecular weight excluding hydrogens is 421 g/mol. The number of fused-ring (bicyclic) bond motifs is 1. The van der Waals surface area contributed by atoms with Crippen molar-refractivity contribution in [3.8, 4) is 0 Å². The van der Waals surface area contributed by atoms with Crippen LogP contribution in [0.25, 0.3) is 0 Å². The Morgan fingerprint density at radius 2 is 2.23 bits per heavy atom. The fourth-order valence-corrected chi connectivity index (χ4v) is 4.85. The summed E-state index contributed by atoms with van der Waals surface area (Å²) < 4.78 is 40.9. The predicted molar refractivity (Wildman–Crippen MR) is 103 cm³/mol. The molecule has 0 spiro atoms. The zero-order valence-electron chi connectivity index (χ0n) is 16.9. The zero-order valence-corrected chi connectivity index (χ0v) is 17.8. The largest absolute Gasteiger partial charge is 0.475 e. The summed E-state index contributed by atoms with van der Waals surface area (Å²) >= 11 is 0. The van der Waals surface area contributed by atoms with Crippen LogP contribution in [0.2, 0.25) is 0 Å². The highest BCUT2D eigenvalue weighted by Crippen LogP contribution is 2.58. The van der Waals surface area contributed by atoms with Crippen LogP contribution in [0.1, 0.15) is 33.4 Å². The van der Waals surface area contributed by atoms with E-state index < -0.39 is 49.0 Å². The maximum atomic E-state index is 12.9. The van der Waals surface area contributed by atoms with Gasteiger partial charge in [0.1, 0.15) is 12.2 Å². The quantitative estimate of drug-likeness (QED) is 0.439. The van der Waals surface area contributed by atoms with Crippen molar-refractivity contribution >= 4 is 13.8 Å². The highest BCUT2D eigenvalue weighted by molar-refractivity contribution is 7.48. The van der Waals surface area contributed by atoms with Crippen molar-refractivity contribution in [3.05, 3.63) is 33.1 Å². The van der Waals surface area contributed by atoms with Gasteiger partial charge in [-0.15, -0.1) is 0 Å². The maximum Gasteiger partial charge on any atom is 0.475 e. The molecule has 12 nitrogen and oxygen atoms in total. The smallest absolute Gasteiger partial charge is 0.466 e. The molecular formula is C17H26N3O9P. The Hall–Kier alpha value is -1.82. The molecule has 0 bridgehead atoms. The summed E-state index contributed by atoms with van der Waals surface area (Å²) in [5.74, 6) is -0.821. The molecule has 30 heavy (non-hydrogen) atoms. The number of esters is 1. The number of phosphoric ester groups is 1. The second kappa shape index (κ2) is 8.74. The van der Waals surface area contributed by atoms with Gasteiger partial charge < -0.3 is 15.2 Å². The van der Waals surface area contributed by atoms with Crippen molar-refractivity contribution in [1.82, 2.24) is 9.55 Å². The van der Waals surface area contributed by atoms with Gasteiger partial charge in [0.25, 0.3) is 5.56 Å². The summed E-state index contributed by atoms with van der Waals surface area (Å²) in [4.78, 5) is 37.3. The number of nitrogens with zero attached hydrogens (tertiary/aromatic N) is 1. The third-order valence-electron chi connectivity index (χ3n) is 5.02. The molecule has 1 aromatic rings. The Kier molecular flexibility index (Phi) is 6.66. The fraction of sp³-hybridized carbons (Fsp3) is 0.706. The molecule has 3 N–H and O–H groups in total. The third kappa shape index (κ3) is 4.58. The van der Waals surface area contributed by atoms with Crippen LogP contribution in [0.5, 0.6) is 0 Å². The number of H-pyrrole nitrogens is 1. The molecule has 13 heteroatoms. The van der Waals surface area contributed by atoms with Gasteiger partial charge in [-0.2, -0.15) is 0 Å². The molecule has 0 amide bonds. The number of carbonyl (C=O) groups is 1. The van der Waals surface area contributed by atoms with Crippen molar-refractivity contribution in [2.45, 2.75) is 51.2 Å². The second-order valence-electron chi connectivity index (χ2n) is 7.45. The van der Waals surface area contributed by atoms with E-state index in [9.17, 15) is 18.9 Å². The van der Waals surface area contributed by atoms with Crippen LogP contribution in [0, 0.1) is 5.92 Å². The molecule has 3 heterocycles. The third-order valence-corrected chi connectivity index (χ3v) is 6.47. The zero-order chi connectivity index (χ0) is 22.1. The van der Waals surface area contributed by atoms with E-state index in [2.05, 4.69) is 4.98 Å². The van der Waals surface area contributed by atoms with Crippen molar-refractivity contribution in [3.63, 3.8) is 0 Å². The minimum Gasteiger partial charge on any atom is -0.466 e. The Bertz CT molecular complexity index is 943. The van der Waals surface area contributed by atoms with E-state index in [1.54, 1.807) is 20.8 Å². The lowest BCUT2D eigenvalue weighted by Gasteiger charge is -2.35. The first-order valence-corrected chi connectivity index (χ1v) is 11.0. The number of aromatic amines is 1. The van der Waals surface area contributed by atoms with E-state index in [0.29, 0.717) is 0 Å². The van der Waals surface area contributed by atoms with Gasteiger partial charge >= 0.3 is 19.5 Å². The van der Waals surface area contributed by atoms with Crippen LogP contribution < -0.4 is 17.0 Å². The van der Waals surface area contributed by atoms with Gasteiger partial charge in [-0.3, -0.25) is 32.7 Å². The molecule has 3 rings (SSSR count). The number of aromatic nitrogens is 2. The Morgan fingerprint density at radius 3 is 2.90 bits per heavy atom. The topological polar surface area (TPSA) is 161 Å². The van der Waals surface area contributed by atoms with E-state index in [-0.39, 0.29) is 32.2 Å². The molecule has 2 saturated heterocycles. The number of carbonyl (C=O) groups excluding carboxylic acids is 1. The molecule has 2 aliphatic rings. The first kappa shape index (κ1) is 22.9. The number of hydrogen-bond acceptors (Lipinski definition) is 10. The lowest BCUT2D eigenvalue weighted by Crippen LogP contribution is -2.55. The van der Waals surface area contributed by atoms with Crippen LogP contribution in [-0.4, -0.2) is 53.1 Å². The summed E-state index contributed by atoms with van der Waals surface area (Å²) in [5.41, 5.74) is 3.85. The highest BCUT2D eigenvalue weighted by Gasteiger charge is 2.59. The van der Waals surface area contributed by atoms with Gasteiger partial charge in [0.15, 0.2) is 6.23 Å². The van der Waals surface area contributed by atoms with E-state index in [1.165, 1.54) is 12.3 Å². The summed E-state index contributed by atoms with van der Waals surface area (Å²) in [6, 6.07) is 1.17. The Morgan fingerprint density at radius 1 is 1.50 bits per heavy atom. The predicted octanol–water partition coefficient (Wildman–Crippen LogP) is 0.281. The van der Waals surface area contributed by atoms with Crippen molar-refractivity contribution in [2.24, 2.45) is 11.7 Å². The minimum atomic E-state index is -3.96. The summed E-state index contributed by atoms with van der Waals surface area (Å²) in [7, 11) is -3.96. The van der Waals surface area contributed by atoms with E-state index in [1.807, 2.05) is 0 Å². The lowest BCUT2D eigenvalue weighted by atomic mass is 9.93. The van der Waals surface area contributed by atoms with Gasteiger partial charge in [-0.1, -0.05) is 6.92 Å². The second-order valence-corrected chi connectivity index (χ2v) is 9.08. The molecule has 0 aliphatic carbocycles. The number of phosphoric acid groups is 1. The van der Waals surface area contributed by atoms with Gasteiger partial charge in [-0.05, 0) is 20.3 Å². The van der Waals surface area contributed by atoms with Crippen LogP contribution in [0.15, 0.2) is 21.9 Å². The number of nitrogens with two attached hydrogens (primary N) is 1. The van der Waals surface area contributed by atoms with Crippen molar-refractivity contribution in [2.75, 3.05) is 19.8 Å². The maximum absolute atomic E-state index is 12.9. The Balaban J connectivity index is 1.67. The molecule has 0 radical (unpaired) electrons. The normalized spacial score (nSPS) is 34.3. The molecule has 2 fully saturated rings. The van der Waals surface area contributed by atoms with Gasteiger partial charge in [0.05, 0.1) is 31.3 Å². The minimum absolute atomic E-state index is 0.0560. The monoisotopic (exact) mass is 447 g/mol. The summed E-state index contributed by atoms with van der Waals surface area (Å²) in [6.45, 7) is 5.05. The average molecular weight is 447 g/mol. The summed E-state index contributed by atoms with van der Waals surface area (Å²) in [6.07, 6.45) is -1.07. The first-order chi connectivity index (χ1) is 14.1. The van der Waals surface area contributed by atoms with E-state index in [4.69, 9.17) is 28.8 Å². The number of ether oxygens (including phenoxy) is 2. The van der Waals surface area contributed by atoms with Crippen LogP contribution in [0.4, 0.5) is 0 Å². The lowest BCUT2D eigenvalue weighted by molar-refractivity contribution is -0.147. The van der Waals surface area contributed by atoms with Gasteiger partial charge in [-0.25, -0.2) is 9.36 Å². The molecule has 2 unspecified atom stereocenters. The van der Waals surface area contributed by atoms with Crippen LogP contribution >= 0.6 is 7.82 Å². The molecule has 2 aliphatic heterocycles. The van der Waals surface area contributed by atoms with Crippen LogP contribution in [-0.2, 0) is 32.4 Å². The molecule has 168 valence electrons. The molecule has 0 saturated carbocycles. The SMILES string of the molecule is CCOC(=O)C(C)CCO[P@@]1(=O)OCC2O[C@@H](n3ccc(=O)[nH]c3=O)[C@](C)(N)[C@@H]2O1. The fourth-order valence-electron chi connectivity index (χ4n) is 3.36. The standard InChI is InChI=1S/C17H26N3O9P/c1-4-25-14(22)10(2)6-8-26-30(24)27-9-11-13(29-30)17(3,18)15(28-11)20-7-5-12(21)19-16(20)23/h5,7,10-11,13,15H,4,6,8-9,18H2,1-3H3,(H,19,21,23)/t10?,11?,13-,15-,17-,30+/m1/s1. The number of rotatable bonds is 7. The number of nitrogens with one attached hydrogen (secondary N) is 1. The Labute approximate surface area is 172 Å². The molecule has 6 atom stereocenters. The number of hydrogen-bond donors (Lipinski definition) is 2. The summed E-state index contributed by atoms with van der Waals surface area (Å²) in [5, 5.41) is 0. The van der Waals surface area contributed by atoms with Gasteiger partial charge in [0, 0.05) is 12.3 Å². The van der Waals surface area contributed by atoms with Crippen molar-refractivity contribution in [1.29, 1.82) is 0 Å². The first-order valence-electron chi connectivity index (χ1n) is 9.57. The van der Waals surface area contributed by atoms with Crippen LogP contribution in [0.3, 0.4) is 0 Å². The van der Waals surface area contributed by atoms with Gasteiger partial charge in [0.2, 0.25) is 0 Å². The van der Waals surface area contributed by atoms with Crippen molar-refractivity contribution < 1.29 is 32.4 Å². The average Bonchev–Trinajstić information content (AvgIpc) is 2.92. The van der Waals surface area contributed by atoms with E-state index >= 15 is 0 Å². The van der Waals surface area contributed by atoms with E-state index in [0.717, 1.165) is 4.57 Å². The molecule has 0 aromatic carbocycles.